The molecule has 4 unspecified atom stereocenters. The highest BCUT2D eigenvalue weighted by molar-refractivity contribution is 7.66. The fourth-order valence-electron chi connectivity index (χ4n) is 5.19. The van der Waals surface area contributed by atoms with Crippen LogP contribution in [-0.2, 0) is 42.7 Å². The van der Waals surface area contributed by atoms with Crippen molar-refractivity contribution in [2.75, 3.05) is 13.7 Å². The standard InChI is InChI=1S/C29H30N3O15P3/c1-42-22-8-4-7-21(14-22)23-15-32-25(30-23)11-12-31(29(32)35)28-27(34)26(33)24(45-28)17-44-49(38,39)47-50(40,41)46-48(36,37)43-16-18-9-10-19-5-2-3-6-20(19)13-18/h2-15,24,26-28,33-34H,16-17H2,1H3,(H,36,37)(H,38,39)(H,40,41)/t24-,26?,27+,28-/m1/s1. The Balaban J connectivity index is 1.07. The van der Waals surface area contributed by atoms with Gasteiger partial charge >= 0.3 is 29.2 Å². The quantitative estimate of drug-likeness (QED) is 0.108. The van der Waals surface area contributed by atoms with E-state index >= 15 is 0 Å². The summed E-state index contributed by atoms with van der Waals surface area (Å²) < 4.78 is 67.8. The number of aliphatic hydroxyl groups excluding tert-OH is 2. The molecule has 5 N–H and O–H groups in total. The van der Waals surface area contributed by atoms with Gasteiger partial charge in [-0.05, 0) is 40.6 Å². The molecule has 1 aliphatic heterocycles. The summed E-state index contributed by atoms with van der Waals surface area (Å²) in [6.07, 6.45) is -3.88. The van der Waals surface area contributed by atoms with Crippen molar-refractivity contribution in [2.24, 2.45) is 0 Å². The Labute approximate surface area is 282 Å². The van der Waals surface area contributed by atoms with Crippen LogP contribution in [0, 0.1) is 0 Å². The Kier molecular flexibility index (Phi) is 10.3. The summed E-state index contributed by atoms with van der Waals surface area (Å²) in [5, 5.41) is 22.9. The van der Waals surface area contributed by atoms with E-state index in [-0.39, 0.29) is 5.65 Å². The van der Waals surface area contributed by atoms with Crippen LogP contribution in [0.1, 0.15) is 11.8 Å². The molecule has 0 radical (unpaired) electrons. The number of aromatic nitrogens is 3. The van der Waals surface area contributed by atoms with E-state index in [0.29, 0.717) is 22.6 Å². The van der Waals surface area contributed by atoms with Gasteiger partial charge in [-0.3, -0.25) is 18.0 Å². The molecule has 3 aromatic carbocycles. The van der Waals surface area contributed by atoms with E-state index in [1.807, 2.05) is 12.1 Å². The lowest BCUT2D eigenvalue weighted by atomic mass is 10.1. The summed E-state index contributed by atoms with van der Waals surface area (Å²) in [5.41, 5.74) is 1.06. The number of nitrogens with zero attached hydrogens (tertiary/aromatic N) is 3. The number of fused-ring (bicyclic) bond motifs is 2. The Hall–Kier alpha value is -3.57. The Morgan fingerprint density at radius 3 is 2.30 bits per heavy atom. The van der Waals surface area contributed by atoms with Crippen LogP contribution >= 0.6 is 23.5 Å². The lowest BCUT2D eigenvalue weighted by Crippen LogP contribution is -2.36. The first kappa shape index (κ1) is 36.2. The molecular weight excluding hydrogens is 723 g/mol. The topological polar surface area (TPSA) is 247 Å². The summed E-state index contributed by atoms with van der Waals surface area (Å²) in [5.74, 6) is 0.573. The molecule has 5 aromatic rings. The molecule has 1 aliphatic rings. The second-order valence-electron chi connectivity index (χ2n) is 11.0. The maximum atomic E-state index is 13.3. The van der Waals surface area contributed by atoms with Gasteiger partial charge in [-0.2, -0.15) is 8.62 Å². The summed E-state index contributed by atoms with van der Waals surface area (Å²) >= 11 is 0. The molecule has 18 nitrogen and oxygen atoms in total. The van der Waals surface area contributed by atoms with Crippen molar-refractivity contribution in [1.29, 1.82) is 0 Å². The van der Waals surface area contributed by atoms with Gasteiger partial charge in [0.1, 0.15) is 29.7 Å². The second-order valence-corrected chi connectivity index (χ2v) is 15.6. The molecule has 21 heteroatoms. The van der Waals surface area contributed by atoms with Crippen LogP contribution < -0.4 is 10.4 Å². The smallest absolute Gasteiger partial charge is 0.490 e. The number of methoxy groups -OCH3 is 1. The van der Waals surface area contributed by atoms with E-state index in [1.54, 1.807) is 54.6 Å². The first-order valence-electron chi connectivity index (χ1n) is 14.6. The van der Waals surface area contributed by atoms with Crippen molar-refractivity contribution >= 4 is 39.9 Å². The predicted octanol–water partition coefficient (Wildman–Crippen LogP) is 3.51. The average molecular weight is 753 g/mol. The lowest BCUT2D eigenvalue weighted by molar-refractivity contribution is -0.0543. The number of imidazole rings is 1. The van der Waals surface area contributed by atoms with Crippen LogP contribution in [0.2, 0.25) is 0 Å². The molecule has 1 saturated heterocycles. The van der Waals surface area contributed by atoms with E-state index in [1.165, 1.54) is 30.0 Å². The van der Waals surface area contributed by atoms with Gasteiger partial charge in [-0.1, -0.05) is 48.5 Å². The third-order valence-corrected chi connectivity index (χ3v) is 11.8. The Bertz CT molecular complexity index is 2240. The van der Waals surface area contributed by atoms with E-state index in [2.05, 4.69) is 18.1 Å². The predicted molar refractivity (Wildman–Crippen MR) is 174 cm³/mol. The van der Waals surface area contributed by atoms with Gasteiger partial charge in [-0.15, -0.1) is 0 Å². The number of rotatable bonds is 13. The van der Waals surface area contributed by atoms with Crippen molar-refractivity contribution in [3.63, 3.8) is 0 Å². The molecule has 50 heavy (non-hydrogen) atoms. The van der Waals surface area contributed by atoms with E-state index in [0.717, 1.165) is 15.3 Å². The number of aliphatic hydroxyl groups is 2. The molecule has 0 bridgehead atoms. The monoisotopic (exact) mass is 753 g/mol. The molecule has 1 fully saturated rings. The molecule has 266 valence electrons. The fourth-order valence-corrected chi connectivity index (χ4v) is 8.69. The van der Waals surface area contributed by atoms with Crippen molar-refractivity contribution in [3.8, 4) is 17.0 Å². The normalized spacial score (nSPS) is 23.0. The lowest BCUT2D eigenvalue weighted by Gasteiger charge is -2.20. The van der Waals surface area contributed by atoms with Crippen molar-refractivity contribution in [1.82, 2.24) is 14.0 Å². The van der Waals surface area contributed by atoms with Crippen LogP contribution in [0.3, 0.4) is 0 Å². The molecule has 0 saturated carbocycles. The highest BCUT2D eigenvalue weighted by atomic mass is 31.3. The van der Waals surface area contributed by atoms with Gasteiger partial charge in [0, 0.05) is 18.0 Å². The van der Waals surface area contributed by atoms with Crippen LogP contribution in [0.25, 0.3) is 27.7 Å². The van der Waals surface area contributed by atoms with E-state index in [9.17, 15) is 43.4 Å². The van der Waals surface area contributed by atoms with Gasteiger partial charge in [0.2, 0.25) is 0 Å². The van der Waals surface area contributed by atoms with Crippen LogP contribution in [0.5, 0.6) is 5.75 Å². The minimum Gasteiger partial charge on any atom is -0.497 e. The van der Waals surface area contributed by atoms with Crippen molar-refractivity contribution < 1.29 is 65.7 Å². The summed E-state index contributed by atoms with van der Waals surface area (Å²) in [7, 11) is -15.2. The summed E-state index contributed by atoms with van der Waals surface area (Å²) in [6, 6.07) is 20.6. The molecule has 7 atom stereocenters. The van der Waals surface area contributed by atoms with Gasteiger partial charge in [0.05, 0.1) is 26.0 Å². The SMILES string of the molecule is COc1cccc(-c2cn3c(=O)n([C@@H]4O[C@H](COP(=O)(O)OP(=O)(O)OP(=O)(O)OCc5ccc6ccccc6c5)C(O)[C@@H]4O)ccc3n2)c1. The zero-order valence-corrected chi connectivity index (χ0v) is 28.5. The largest absolute Gasteiger partial charge is 0.497 e. The van der Waals surface area contributed by atoms with Crippen LogP contribution in [-0.4, -0.2) is 70.9 Å². The second kappa shape index (κ2) is 14.2. The number of phosphoric acid groups is 3. The zero-order valence-electron chi connectivity index (χ0n) is 25.8. The highest BCUT2D eigenvalue weighted by Gasteiger charge is 2.47. The third kappa shape index (κ3) is 8.15. The summed E-state index contributed by atoms with van der Waals surface area (Å²) in [6.45, 7) is -1.55. The Morgan fingerprint density at radius 2 is 1.56 bits per heavy atom. The van der Waals surface area contributed by atoms with Gasteiger partial charge in [-0.25, -0.2) is 23.5 Å². The number of hydrogen-bond donors (Lipinski definition) is 5. The van der Waals surface area contributed by atoms with Crippen molar-refractivity contribution in [3.05, 3.63) is 101 Å². The van der Waals surface area contributed by atoms with Crippen LogP contribution in [0.15, 0.2) is 90.0 Å². The third-order valence-electron chi connectivity index (χ3n) is 7.54. The average Bonchev–Trinajstić information content (AvgIpc) is 3.63. The minimum atomic E-state index is -5.79. The highest BCUT2D eigenvalue weighted by Crippen LogP contribution is 2.68. The molecule has 0 aliphatic carbocycles. The molecule has 0 spiro atoms. The minimum absolute atomic E-state index is 0.262. The van der Waals surface area contributed by atoms with Crippen molar-refractivity contribution in [2.45, 2.75) is 31.1 Å². The number of phosphoric ester groups is 2. The summed E-state index contributed by atoms with van der Waals surface area (Å²) in [4.78, 5) is 47.7. The van der Waals surface area contributed by atoms with E-state index < -0.39 is 66.9 Å². The first-order valence-corrected chi connectivity index (χ1v) is 19.1. The maximum Gasteiger partial charge on any atom is 0.490 e. The van der Waals surface area contributed by atoms with Gasteiger partial charge in [0.15, 0.2) is 6.23 Å². The fraction of sp³-hybridized carbons (Fsp3) is 0.241. The van der Waals surface area contributed by atoms with Crippen LogP contribution in [0.4, 0.5) is 0 Å². The van der Waals surface area contributed by atoms with E-state index in [4.69, 9.17) is 14.0 Å². The molecule has 3 heterocycles. The molecular formula is C29H30N3O15P3. The number of benzene rings is 3. The molecule has 2 aromatic heterocycles. The first-order chi connectivity index (χ1) is 23.6. The number of ether oxygens (including phenoxy) is 2. The van der Waals surface area contributed by atoms with Gasteiger partial charge < -0.3 is 34.4 Å². The maximum absolute atomic E-state index is 13.3. The molecule has 0 amide bonds. The Morgan fingerprint density at radius 1 is 0.840 bits per heavy atom. The zero-order chi connectivity index (χ0) is 35.8. The molecule has 6 rings (SSSR count). The van der Waals surface area contributed by atoms with Gasteiger partial charge in [0.25, 0.3) is 0 Å². The number of hydrogen-bond acceptors (Lipinski definition) is 13.